The van der Waals surface area contributed by atoms with Gasteiger partial charge >= 0.3 is 0 Å². The highest BCUT2D eigenvalue weighted by molar-refractivity contribution is 6.31. The molecule has 0 spiro atoms. The summed E-state index contributed by atoms with van der Waals surface area (Å²) in [6, 6.07) is 13.7. The Bertz CT molecular complexity index is 998. The molecule has 0 radical (unpaired) electrons. The standard InChI is InChI=1S/C18H13ClN2O4/c19-11-5-6-13-10(7-11)8-15(24-13)18(23)21-9-16(17(20)22)25-14-4-2-1-3-12(14)21/h1-8,16H,9H2,(H2,20,22). The van der Waals surface area contributed by atoms with E-state index < -0.39 is 12.0 Å². The molecule has 0 saturated carbocycles. The summed E-state index contributed by atoms with van der Waals surface area (Å²) in [5.41, 5.74) is 6.48. The van der Waals surface area contributed by atoms with Gasteiger partial charge in [0.25, 0.3) is 11.8 Å². The molecular formula is C18H13ClN2O4. The van der Waals surface area contributed by atoms with Crippen LogP contribution in [0.5, 0.6) is 5.75 Å². The minimum Gasteiger partial charge on any atom is -0.477 e. The van der Waals surface area contributed by atoms with E-state index in [2.05, 4.69) is 0 Å². The maximum absolute atomic E-state index is 13.0. The van der Waals surface area contributed by atoms with Gasteiger partial charge in [-0.1, -0.05) is 23.7 Å². The zero-order valence-electron chi connectivity index (χ0n) is 12.9. The number of rotatable bonds is 2. The molecule has 1 atom stereocenters. The van der Waals surface area contributed by atoms with E-state index in [1.54, 1.807) is 48.5 Å². The number of anilines is 1. The Morgan fingerprint density at radius 1 is 1.16 bits per heavy atom. The number of hydrogen-bond acceptors (Lipinski definition) is 4. The summed E-state index contributed by atoms with van der Waals surface area (Å²) in [6.07, 6.45) is -0.919. The number of hydrogen-bond donors (Lipinski definition) is 1. The van der Waals surface area contributed by atoms with Gasteiger partial charge in [-0.3, -0.25) is 14.5 Å². The van der Waals surface area contributed by atoms with Crippen molar-refractivity contribution in [3.05, 3.63) is 59.3 Å². The number of benzene rings is 2. The Balaban J connectivity index is 1.76. The lowest BCUT2D eigenvalue weighted by Crippen LogP contribution is -2.49. The van der Waals surface area contributed by atoms with Crippen molar-refractivity contribution >= 4 is 40.1 Å². The topological polar surface area (TPSA) is 85.8 Å². The molecule has 3 aromatic rings. The summed E-state index contributed by atoms with van der Waals surface area (Å²) in [5, 5.41) is 1.28. The lowest BCUT2D eigenvalue weighted by molar-refractivity contribution is -0.124. The first kappa shape index (κ1) is 15.5. The molecule has 2 amide bonds. The maximum atomic E-state index is 13.0. The third-order valence-electron chi connectivity index (χ3n) is 4.03. The summed E-state index contributed by atoms with van der Waals surface area (Å²) in [6.45, 7) is 0.0168. The van der Waals surface area contributed by atoms with Crippen molar-refractivity contribution in [1.82, 2.24) is 0 Å². The molecule has 0 bridgehead atoms. The largest absolute Gasteiger partial charge is 0.477 e. The van der Waals surface area contributed by atoms with Crippen LogP contribution in [0.15, 0.2) is 52.9 Å². The molecule has 2 aromatic carbocycles. The number of furan rings is 1. The van der Waals surface area contributed by atoms with Crippen LogP contribution in [0, 0.1) is 0 Å². The molecule has 0 fully saturated rings. The average molecular weight is 357 g/mol. The average Bonchev–Trinajstić information content (AvgIpc) is 3.03. The van der Waals surface area contributed by atoms with Crippen molar-refractivity contribution in [2.45, 2.75) is 6.10 Å². The van der Waals surface area contributed by atoms with E-state index in [1.165, 1.54) is 4.90 Å². The van der Waals surface area contributed by atoms with Gasteiger partial charge < -0.3 is 14.9 Å². The van der Waals surface area contributed by atoms with Gasteiger partial charge in [0.05, 0.1) is 12.2 Å². The number of nitrogens with zero attached hydrogens (tertiary/aromatic N) is 1. The first-order chi connectivity index (χ1) is 12.0. The highest BCUT2D eigenvalue weighted by Crippen LogP contribution is 2.34. The molecule has 4 rings (SSSR count). The van der Waals surface area contributed by atoms with Crippen molar-refractivity contribution in [2.75, 3.05) is 11.4 Å². The van der Waals surface area contributed by atoms with E-state index >= 15 is 0 Å². The highest BCUT2D eigenvalue weighted by atomic mass is 35.5. The van der Waals surface area contributed by atoms with E-state index in [-0.39, 0.29) is 18.2 Å². The number of carbonyl (C=O) groups excluding carboxylic acids is 2. The molecule has 1 aliphatic rings. The predicted octanol–water partition coefficient (Wildman–Crippen LogP) is 2.98. The molecule has 7 heteroatoms. The number of ether oxygens (including phenoxy) is 1. The number of halogens is 1. The zero-order valence-corrected chi connectivity index (χ0v) is 13.7. The smallest absolute Gasteiger partial charge is 0.294 e. The van der Waals surface area contributed by atoms with Crippen LogP contribution in [0.2, 0.25) is 5.02 Å². The Morgan fingerprint density at radius 2 is 1.96 bits per heavy atom. The Morgan fingerprint density at radius 3 is 2.76 bits per heavy atom. The summed E-state index contributed by atoms with van der Waals surface area (Å²) in [7, 11) is 0. The van der Waals surface area contributed by atoms with Gasteiger partial charge in [-0.15, -0.1) is 0 Å². The highest BCUT2D eigenvalue weighted by Gasteiger charge is 2.34. The minimum atomic E-state index is -0.919. The number of primary amides is 1. The molecule has 0 aliphatic carbocycles. The van der Waals surface area contributed by atoms with Crippen molar-refractivity contribution in [3.63, 3.8) is 0 Å². The summed E-state index contributed by atoms with van der Waals surface area (Å²) in [4.78, 5) is 26.0. The normalized spacial score (nSPS) is 16.4. The molecular weight excluding hydrogens is 344 g/mol. The maximum Gasteiger partial charge on any atom is 0.294 e. The Hall–Kier alpha value is -2.99. The molecule has 6 nitrogen and oxygen atoms in total. The van der Waals surface area contributed by atoms with Crippen LogP contribution < -0.4 is 15.4 Å². The molecule has 2 N–H and O–H groups in total. The SMILES string of the molecule is NC(=O)C1CN(C(=O)c2cc3cc(Cl)ccc3o2)c2ccccc2O1. The second-order valence-electron chi connectivity index (χ2n) is 5.69. The fourth-order valence-electron chi connectivity index (χ4n) is 2.83. The summed E-state index contributed by atoms with van der Waals surface area (Å²) < 4.78 is 11.2. The molecule has 126 valence electrons. The second-order valence-corrected chi connectivity index (χ2v) is 6.12. The van der Waals surface area contributed by atoms with Gasteiger partial charge in [-0.2, -0.15) is 0 Å². The molecule has 2 heterocycles. The van der Waals surface area contributed by atoms with Crippen molar-refractivity contribution < 1.29 is 18.7 Å². The third-order valence-corrected chi connectivity index (χ3v) is 4.26. The van der Waals surface area contributed by atoms with Crippen LogP contribution in [-0.4, -0.2) is 24.5 Å². The van der Waals surface area contributed by atoms with Gasteiger partial charge in [-0.25, -0.2) is 0 Å². The van der Waals surface area contributed by atoms with Crippen LogP contribution in [0.3, 0.4) is 0 Å². The van der Waals surface area contributed by atoms with Crippen LogP contribution in [0.1, 0.15) is 10.6 Å². The minimum absolute atomic E-state index is 0.0168. The van der Waals surface area contributed by atoms with E-state index in [9.17, 15) is 9.59 Å². The number of fused-ring (bicyclic) bond motifs is 2. The van der Waals surface area contributed by atoms with Crippen molar-refractivity contribution in [2.24, 2.45) is 5.73 Å². The molecule has 1 aromatic heterocycles. The predicted molar refractivity (Wildman–Crippen MR) is 93.0 cm³/mol. The first-order valence-electron chi connectivity index (χ1n) is 7.59. The fraction of sp³-hybridized carbons (Fsp3) is 0.111. The van der Waals surface area contributed by atoms with Gasteiger partial charge in [0.1, 0.15) is 11.3 Å². The van der Waals surface area contributed by atoms with E-state index in [4.69, 9.17) is 26.5 Å². The van der Waals surface area contributed by atoms with Crippen molar-refractivity contribution in [3.8, 4) is 5.75 Å². The van der Waals surface area contributed by atoms with E-state index in [0.717, 1.165) is 5.39 Å². The van der Waals surface area contributed by atoms with Crippen LogP contribution in [0.4, 0.5) is 5.69 Å². The van der Waals surface area contributed by atoms with Crippen LogP contribution in [-0.2, 0) is 4.79 Å². The number of amides is 2. The number of nitrogens with two attached hydrogens (primary N) is 1. The molecule has 25 heavy (non-hydrogen) atoms. The van der Waals surface area contributed by atoms with Crippen molar-refractivity contribution in [1.29, 1.82) is 0 Å². The molecule has 1 aliphatic heterocycles. The second kappa shape index (κ2) is 5.82. The Labute approximate surface area is 147 Å². The third kappa shape index (κ3) is 2.70. The Kier molecular flexibility index (Phi) is 3.62. The lowest BCUT2D eigenvalue weighted by atomic mass is 10.1. The number of para-hydroxylation sites is 2. The molecule has 0 saturated heterocycles. The van der Waals surface area contributed by atoms with Gasteiger partial charge in [-0.05, 0) is 36.4 Å². The molecule has 1 unspecified atom stereocenters. The van der Waals surface area contributed by atoms with Gasteiger partial charge in [0.2, 0.25) is 0 Å². The lowest BCUT2D eigenvalue weighted by Gasteiger charge is -2.32. The van der Waals surface area contributed by atoms with E-state index in [0.29, 0.717) is 22.0 Å². The van der Waals surface area contributed by atoms with Crippen LogP contribution in [0.25, 0.3) is 11.0 Å². The van der Waals surface area contributed by atoms with Gasteiger partial charge in [0.15, 0.2) is 11.9 Å². The monoisotopic (exact) mass is 356 g/mol. The summed E-state index contributed by atoms with van der Waals surface area (Å²) in [5.74, 6) is -0.444. The fourth-order valence-corrected chi connectivity index (χ4v) is 3.01. The van der Waals surface area contributed by atoms with Gasteiger partial charge in [0, 0.05) is 10.4 Å². The zero-order chi connectivity index (χ0) is 17.6. The number of carbonyl (C=O) groups is 2. The quantitative estimate of drug-likeness (QED) is 0.764. The van der Waals surface area contributed by atoms with Crippen LogP contribution >= 0.6 is 11.6 Å². The van der Waals surface area contributed by atoms with E-state index in [1.807, 2.05) is 0 Å². The first-order valence-corrected chi connectivity index (χ1v) is 7.97. The summed E-state index contributed by atoms with van der Waals surface area (Å²) >= 11 is 5.97.